The predicted octanol–water partition coefficient (Wildman–Crippen LogP) is 3.63. The maximum atomic E-state index is 13.1. The van der Waals surface area contributed by atoms with Crippen LogP contribution in [0.15, 0.2) is 42.5 Å². The lowest BCUT2D eigenvalue weighted by molar-refractivity contribution is 0.288. The van der Waals surface area contributed by atoms with Crippen LogP contribution in [-0.4, -0.2) is 39.3 Å². The maximum absolute atomic E-state index is 13.1. The van der Waals surface area contributed by atoms with Gasteiger partial charge in [0.15, 0.2) is 11.5 Å². The van der Waals surface area contributed by atoms with E-state index in [1.165, 1.54) is 12.1 Å². The van der Waals surface area contributed by atoms with Crippen LogP contribution >= 0.6 is 0 Å². The number of nitrogens with zero attached hydrogens (tertiary/aromatic N) is 1. The standard InChI is InChI=1S/C20H27FN2O2/c1-5-25-20-12-15(6-11-19(20)24-4)13-22-14-18(23(2)3)16-7-9-17(21)10-8-16/h6-12,18,22H,5,13-14H2,1-4H3. The van der Waals surface area contributed by atoms with E-state index in [0.717, 1.165) is 35.7 Å². The number of rotatable bonds is 9. The smallest absolute Gasteiger partial charge is 0.161 e. The molecular weight excluding hydrogens is 319 g/mol. The molecule has 1 atom stereocenters. The lowest BCUT2D eigenvalue weighted by Gasteiger charge is -2.25. The summed E-state index contributed by atoms with van der Waals surface area (Å²) in [6.45, 7) is 4.03. The van der Waals surface area contributed by atoms with Crippen molar-refractivity contribution >= 4 is 0 Å². The molecule has 5 heteroatoms. The van der Waals surface area contributed by atoms with E-state index in [0.29, 0.717) is 6.61 Å². The molecule has 0 saturated carbocycles. The second-order valence-corrected chi connectivity index (χ2v) is 6.08. The molecule has 0 amide bonds. The van der Waals surface area contributed by atoms with E-state index in [4.69, 9.17) is 9.47 Å². The van der Waals surface area contributed by atoms with Crippen molar-refractivity contribution in [1.29, 1.82) is 0 Å². The number of benzene rings is 2. The Morgan fingerprint density at radius 3 is 2.40 bits per heavy atom. The summed E-state index contributed by atoms with van der Waals surface area (Å²) in [4.78, 5) is 2.12. The molecule has 0 aliphatic rings. The molecule has 0 spiro atoms. The van der Waals surface area contributed by atoms with E-state index in [-0.39, 0.29) is 11.9 Å². The monoisotopic (exact) mass is 346 g/mol. The molecule has 1 N–H and O–H groups in total. The fraction of sp³-hybridized carbons (Fsp3) is 0.400. The van der Waals surface area contributed by atoms with Gasteiger partial charge in [-0.3, -0.25) is 0 Å². The molecule has 0 aliphatic carbocycles. The molecule has 2 aromatic carbocycles. The first-order valence-electron chi connectivity index (χ1n) is 8.47. The number of hydrogen-bond acceptors (Lipinski definition) is 4. The molecular formula is C20H27FN2O2. The third-order valence-corrected chi connectivity index (χ3v) is 4.07. The third kappa shape index (κ3) is 5.44. The average molecular weight is 346 g/mol. The van der Waals surface area contributed by atoms with E-state index in [9.17, 15) is 4.39 Å². The molecule has 2 aromatic rings. The van der Waals surface area contributed by atoms with Crippen molar-refractivity contribution in [3.8, 4) is 11.5 Å². The molecule has 0 bridgehead atoms. The number of ether oxygens (including phenoxy) is 2. The Morgan fingerprint density at radius 1 is 1.08 bits per heavy atom. The number of nitrogens with one attached hydrogen (secondary N) is 1. The maximum Gasteiger partial charge on any atom is 0.161 e. The molecule has 0 heterocycles. The van der Waals surface area contributed by atoms with Crippen molar-refractivity contribution in [2.45, 2.75) is 19.5 Å². The Kier molecular flexibility index (Phi) is 7.22. The van der Waals surface area contributed by atoms with E-state index in [1.54, 1.807) is 7.11 Å². The van der Waals surface area contributed by atoms with Gasteiger partial charge in [-0.1, -0.05) is 18.2 Å². The summed E-state index contributed by atoms with van der Waals surface area (Å²) >= 11 is 0. The zero-order chi connectivity index (χ0) is 18.2. The molecule has 0 aromatic heterocycles. The Bertz CT molecular complexity index is 659. The normalized spacial score (nSPS) is 12.2. The topological polar surface area (TPSA) is 33.7 Å². The van der Waals surface area contributed by atoms with E-state index < -0.39 is 0 Å². The van der Waals surface area contributed by atoms with Gasteiger partial charge in [0.25, 0.3) is 0 Å². The van der Waals surface area contributed by atoms with Gasteiger partial charge in [0.05, 0.1) is 13.7 Å². The van der Waals surface area contributed by atoms with Crippen LogP contribution in [0.5, 0.6) is 11.5 Å². The summed E-state index contributed by atoms with van der Waals surface area (Å²) in [6, 6.07) is 12.8. The second kappa shape index (κ2) is 9.39. The van der Waals surface area contributed by atoms with Gasteiger partial charge in [-0.15, -0.1) is 0 Å². The molecule has 25 heavy (non-hydrogen) atoms. The van der Waals surface area contributed by atoms with Gasteiger partial charge in [-0.2, -0.15) is 0 Å². The van der Waals surface area contributed by atoms with Crippen LogP contribution in [-0.2, 0) is 6.54 Å². The molecule has 0 aliphatic heterocycles. The lowest BCUT2D eigenvalue weighted by Crippen LogP contribution is -2.30. The molecule has 0 radical (unpaired) electrons. The van der Waals surface area contributed by atoms with Crippen molar-refractivity contribution in [3.05, 3.63) is 59.4 Å². The Labute approximate surface area is 149 Å². The zero-order valence-corrected chi connectivity index (χ0v) is 15.4. The Balaban J connectivity index is 2.00. The van der Waals surface area contributed by atoms with Crippen LogP contribution in [0, 0.1) is 5.82 Å². The van der Waals surface area contributed by atoms with Crippen molar-refractivity contribution in [2.75, 3.05) is 34.4 Å². The first-order valence-corrected chi connectivity index (χ1v) is 8.47. The van der Waals surface area contributed by atoms with E-state index >= 15 is 0 Å². The van der Waals surface area contributed by atoms with Crippen molar-refractivity contribution in [3.63, 3.8) is 0 Å². The summed E-state index contributed by atoms with van der Waals surface area (Å²) in [7, 11) is 5.69. The lowest BCUT2D eigenvalue weighted by atomic mass is 10.1. The van der Waals surface area contributed by atoms with Crippen LogP contribution in [0.25, 0.3) is 0 Å². The summed E-state index contributed by atoms with van der Waals surface area (Å²) < 4.78 is 24.1. The quantitative estimate of drug-likeness (QED) is 0.752. The largest absolute Gasteiger partial charge is 0.493 e. The van der Waals surface area contributed by atoms with Gasteiger partial charge >= 0.3 is 0 Å². The molecule has 1 unspecified atom stereocenters. The average Bonchev–Trinajstić information content (AvgIpc) is 2.60. The molecule has 0 fully saturated rings. The summed E-state index contributed by atoms with van der Waals surface area (Å²) in [5.41, 5.74) is 2.21. The van der Waals surface area contributed by atoms with Crippen LogP contribution in [0.2, 0.25) is 0 Å². The van der Waals surface area contributed by atoms with Gasteiger partial charge in [0.2, 0.25) is 0 Å². The second-order valence-electron chi connectivity index (χ2n) is 6.08. The van der Waals surface area contributed by atoms with Crippen LogP contribution < -0.4 is 14.8 Å². The van der Waals surface area contributed by atoms with Gasteiger partial charge in [0.1, 0.15) is 5.82 Å². The predicted molar refractivity (Wildman–Crippen MR) is 98.7 cm³/mol. The molecule has 0 saturated heterocycles. The van der Waals surface area contributed by atoms with Gasteiger partial charge in [-0.25, -0.2) is 4.39 Å². The highest BCUT2D eigenvalue weighted by atomic mass is 19.1. The Morgan fingerprint density at radius 2 is 1.80 bits per heavy atom. The SMILES string of the molecule is CCOc1cc(CNCC(c2ccc(F)cc2)N(C)C)ccc1OC. The molecule has 4 nitrogen and oxygen atoms in total. The van der Waals surface area contributed by atoms with Crippen LogP contribution in [0.3, 0.4) is 0 Å². The highest BCUT2D eigenvalue weighted by Gasteiger charge is 2.14. The van der Waals surface area contributed by atoms with Crippen molar-refractivity contribution < 1.29 is 13.9 Å². The highest BCUT2D eigenvalue weighted by molar-refractivity contribution is 5.42. The first-order chi connectivity index (χ1) is 12.0. The van der Waals surface area contributed by atoms with Gasteiger partial charge in [0, 0.05) is 19.1 Å². The number of methoxy groups -OCH3 is 1. The third-order valence-electron chi connectivity index (χ3n) is 4.07. The summed E-state index contributed by atoms with van der Waals surface area (Å²) in [5, 5.41) is 3.47. The number of halogens is 1. The van der Waals surface area contributed by atoms with E-state index in [2.05, 4.69) is 10.2 Å². The molecule has 2 rings (SSSR count). The number of hydrogen-bond donors (Lipinski definition) is 1. The van der Waals surface area contributed by atoms with Gasteiger partial charge in [-0.05, 0) is 56.4 Å². The van der Waals surface area contributed by atoms with Crippen molar-refractivity contribution in [1.82, 2.24) is 10.2 Å². The van der Waals surface area contributed by atoms with Gasteiger partial charge < -0.3 is 19.7 Å². The van der Waals surface area contributed by atoms with Crippen LogP contribution in [0.4, 0.5) is 4.39 Å². The van der Waals surface area contributed by atoms with Crippen molar-refractivity contribution in [2.24, 2.45) is 0 Å². The van der Waals surface area contributed by atoms with Crippen LogP contribution in [0.1, 0.15) is 24.1 Å². The highest BCUT2D eigenvalue weighted by Crippen LogP contribution is 2.28. The minimum absolute atomic E-state index is 0.171. The minimum Gasteiger partial charge on any atom is -0.493 e. The number of likely N-dealkylation sites (N-methyl/N-ethyl adjacent to an activating group) is 1. The zero-order valence-electron chi connectivity index (χ0n) is 15.4. The Hall–Kier alpha value is -2.11. The molecule has 136 valence electrons. The summed E-state index contributed by atoms with van der Waals surface area (Å²) in [5.74, 6) is 1.28. The van der Waals surface area contributed by atoms with E-state index in [1.807, 2.05) is 51.4 Å². The fourth-order valence-electron chi connectivity index (χ4n) is 2.74. The summed E-state index contributed by atoms with van der Waals surface area (Å²) in [6.07, 6.45) is 0. The minimum atomic E-state index is -0.212. The first kappa shape index (κ1) is 19.2. The fourth-order valence-corrected chi connectivity index (χ4v) is 2.74.